The Kier molecular flexibility index (Phi) is 3.53. The van der Waals surface area contributed by atoms with E-state index in [1.807, 2.05) is 6.07 Å². The molecule has 0 bridgehead atoms. The van der Waals surface area contributed by atoms with Crippen molar-refractivity contribution in [2.75, 3.05) is 7.11 Å². The normalized spacial score (nSPS) is 23.3. The van der Waals surface area contributed by atoms with Gasteiger partial charge in [0.25, 0.3) is 0 Å². The number of hydrogen-bond donors (Lipinski definition) is 1. The Bertz CT molecular complexity index is 564. The summed E-state index contributed by atoms with van der Waals surface area (Å²) in [5, 5.41) is 3.59. The number of hydrogen-bond acceptors (Lipinski definition) is 3. The first-order valence-corrected chi connectivity index (χ1v) is 6.96. The van der Waals surface area contributed by atoms with Gasteiger partial charge in [-0.3, -0.25) is 0 Å². The summed E-state index contributed by atoms with van der Waals surface area (Å²) in [6.45, 7) is 0.801. The number of nitrogens with one attached hydrogen (secondary N) is 1. The zero-order valence-electron chi connectivity index (χ0n) is 11.6. The fraction of sp³-hybridized carbons (Fsp3) is 0.533. The zero-order chi connectivity index (χ0) is 13.2. The van der Waals surface area contributed by atoms with E-state index < -0.39 is 0 Å². The van der Waals surface area contributed by atoms with E-state index in [0.717, 1.165) is 24.3 Å². The van der Waals surface area contributed by atoms with Gasteiger partial charge in [0, 0.05) is 20.2 Å². The van der Waals surface area contributed by atoms with Crippen LogP contribution in [-0.2, 0) is 18.3 Å². The summed E-state index contributed by atoms with van der Waals surface area (Å²) in [6, 6.07) is 8.72. The van der Waals surface area contributed by atoms with Crippen LogP contribution in [0.15, 0.2) is 24.3 Å². The van der Waals surface area contributed by atoms with E-state index in [1.54, 1.807) is 7.11 Å². The first-order valence-electron chi connectivity index (χ1n) is 6.96. The monoisotopic (exact) mass is 259 g/mol. The molecule has 2 atom stereocenters. The highest BCUT2D eigenvalue weighted by atomic mass is 16.5. The summed E-state index contributed by atoms with van der Waals surface area (Å²) in [5.74, 6) is 1.09. The van der Waals surface area contributed by atoms with Crippen LogP contribution in [0.4, 0.5) is 0 Å². The number of aromatic nitrogens is 2. The molecule has 0 aliphatic heterocycles. The molecule has 102 valence electrons. The minimum absolute atomic E-state index is 0.356. The van der Waals surface area contributed by atoms with Crippen LogP contribution in [0.3, 0.4) is 0 Å². The SMILES string of the molecule is COC1CCCC1NCc1nc2ccccc2n1C. The zero-order valence-corrected chi connectivity index (χ0v) is 11.6. The Morgan fingerprint density at radius 1 is 1.37 bits per heavy atom. The van der Waals surface area contributed by atoms with Crippen LogP contribution in [0.1, 0.15) is 25.1 Å². The maximum atomic E-state index is 5.51. The third kappa shape index (κ3) is 2.38. The van der Waals surface area contributed by atoms with Crippen LogP contribution in [0.2, 0.25) is 0 Å². The quantitative estimate of drug-likeness (QED) is 0.915. The first kappa shape index (κ1) is 12.6. The van der Waals surface area contributed by atoms with Crippen molar-refractivity contribution >= 4 is 11.0 Å². The average molecular weight is 259 g/mol. The van der Waals surface area contributed by atoms with Crippen molar-refractivity contribution in [3.63, 3.8) is 0 Å². The van der Waals surface area contributed by atoms with Gasteiger partial charge in [-0.1, -0.05) is 12.1 Å². The van der Waals surface area contributed by atoms with E-state index >= 15 is 0 Å². The molecule has 1 aliphatic rings. The molecule has 2 unspecified atom stereocenters. The molecule has 0 amide bonds. The van der Waals surface area contributed by atoms with Crippen LogP contribution in [0.25, 0.3) is 11.0 Å². The highest BCUT2D eigenvalue weighted by Gasteiger charge is 2.26. The second-order valence-corrected chi connectivity index (χ2v) is 5.27. The molecular weight excluding hydrogens is 238 g/mol. The summed E-state index contributed by atoms with van der Waals surface area (Å²) in [5.41, 5.74) is 2.26. The van der Waals surface area contributed by atoms with Crippen molar-refractivity contribution in [1.29, 1.82) is 0 Å². The number of rotatable bonds is 4. The van der Waals surface area contributed by atoms with Gasteiger partial charge in [0.05, 0.1) is 23.7 Å². The molecule has 1 saturated carbocycles. The van der Waals surface area contributed by atoms with Gasteiger partial charge in [-0.2, -0.15) is 0 Å². The van der Waals surface area contributed by atoms with E-state index in [-0.39, 0.29) is 0 Å². The number of fused-ring (bicyclic) bond motifs is 1. The Labute approximate surface area is 113 Å². The number of ether oxygens (including phenoxy) is 1. The van der Waals surface area contributed by atoms with Gasteiger partial charge in [0.15, 0.2) is 0 Å². The summed E-state index contributed by atoms with van der Waals surface area (Å²) in [6.07, 6.45) is 3.97. The highest BCUT2D eigenvalue weighted by molar-refractivity contribution is 5.75. The van der Waals surface area contributed by atoms with Crippen molar-refractivity contribution in [1.82, 2.24) is 14.9 Å². The van der Waals surface area contributed by atoms with E-state index in [9.17, 15) is 0 Å². The minimum Gasteiger partial charge on any atom is -0.380 e. The number of para-hydroxylation sites is 2. The molecule has 0 spiro atoms. The van der Waals surface area contributed by atoms with Crippen molar-refractivity contribution in [2.24, 2.45) is 7.05 Å². The molecule has 19 heavy (non-hydrogen) atoms. The number of imidazole rings is 1. The van der Waals surface area contributed by atoms with Gasteiger partial charge in [0.2, 0.25) is 0 Å². The third-order valence-electron chi connectivity index (χ3n) is 4.16. The topological polar surface area (TPSA) is 39.1 Å². The van der Waals surface area contributed by atoms with Gasteiger partial charge < -0.3 is 14.6 Å². The Morgan fingerprint density at radius 2 is 2.21 bits per heavy atom. The smallest absolute Gasteiger partial charge is 0.123 e. The van der Waals surface area contributed by atoms with Crippen molar-refractivity contribution in [2.45, 2.75) is 38.0 Å². The molecule has 0 saturated heterocycles. The number of benzene rings is 1. The van der Waals surface area contributed by atoms with Crippen LogP contribution < -0.4 is 5.32 Å². The van der Waals surface area contributed by atoms with Crippen molar-refractivity contribution in [3.8, 4) is 0 Å². The predicted octanol–water partition coefficient (Wildman–Crippen LogP) is 2.23. The summed E-state index contributed by atoms with van der Waals surface area (Å²) < 4.78 is 7.68. The fourth-order valence-corrected chi connectivity index (χ4v) is 3.02. The van der Waals surface area contributed by atoms with E-state index in [0.29, 0.717) is 12.1 Å². The fourth-order valence-electron chi connectivity index (χ4n) is 3.02. The molecule has 1 aliphatic carbocycles. The van der Waals surface area contributed by atoms with Gasteiger partial charge >= 0.3 is 0 Å². The van der Waals surface area contributed by atoms with Crippen molar-refractivity contribution in [3.05, 3.63) is 30.1 Å². The van der Waals surface area contributed by atoms with Crippen LogP contribution in [0, 0.1) is 0 Å². The lowest BCUT2D eigenvalue weighted by molar-refractivity contribution is 0.0844. The van der Waals surface area contributed by atoms with Crippen LogP contribution >= 0.6 is 0 Å². The molecule has 3 rings (SSSR count). The van der Waals surface area contributed by atoms with Crippen LogP contribution in [-0.4, -0.2) is 28.8 Å². The summed E-state index contributed by atoms with van der Waals surface area (Å²) in [7, 11) is 3.88. The van der Waals surface area contributed by atoms with Gasteiger partial charge in [-0.25, -0.2) is 4.98 Å². The molecule has 4 nitrogen and oxygen atoms in total. The number of aryl methyl sites for hydroxylation is 1. The molecule has 1 aromatic carbocycles. The van der Waals surface area contributed by atoms with Gasteiger partial charge in [0.1, 0.15) is 5.82 Å². The van der Waals surface area contributed by atoms with Gasteiger partial charge in [-0.05, 0) is 31.4 Å². The number of methoxy groups -OCH3 is 1. The maximum Gasteiger partial charge on any atom is 0.123 e. The molecule has 1 heterocycles. The minimum atomic E-state index is 0.356. The molecular formula is C15H21N3O. The highest BCUT2D eigenvalue weighted by Crippen LogP contribution is 2.22. The van der Waals surface area contributed by atoms with Gasteiger partial charge in [-0.15, -0.1) is 0 Å². The third-order valence-corrected chi connectivity index (χ3v) is 4.16. The molecule has 1 N–H and O–H groups in total. The molecule has 4 heteroatoms. The Morgan fingerprint density at radius 3 is 3.00 bits per heavy atom. The lowest BCUT2D eigenvalue weighted by Crippen LogP contribution is -2.36. The molecule has 0 radical (unpaired) electrons. The van der Waals surface area contributed by atoms with Crippen molar-refractivity contribution < 1.29 is 4.74 Å². The Balaban J connectivity index is 1.73. The predicted molar refractivity (Wildman–Crippen MR) is 76.0 cm³/mol. The second kappa shape index (κ2) is 5.31. The molecule has 1 fully saturated rings. The lowest BCUT2D eigenvalue weighted by atomic mass is 10.2. The average Bonchev–Trinajstić information content (AvgIpc) is 3.01. The Hall–Kier alpha value is -1.39. The first-order chi connectivity index (χ1) is 9.29. The lowest BCUT2D eigenvalue weighted by Gasteiger charge is -2.19. The standard InChI is InChI=1S/C15H21N3O/c1-18-13-8-4-3-6-11(13)17-15(18)10-16-12-7-5-9-14(12)19-2/h3-4,6,8,12,14,16H,5,7,9-10H2,1-2H3. The largest absolute Gasteiger partial charge is 0.380 e. The molecule has 2 aromatic rings. The maximum absolute atomic E-state index is 5.51. The summed E-state index contributed by atoms with van der Waals surface area (Å²) in [4.78, 5) is 4.68. The summed E-state index contributed by atoms with van der Waals surface area (Å²) >= 11 is 0. The van der Waals surface area contributed by atoms with E-state index in [2.05, 4.69) is 40.1 Å². The second-order valence-electron chi connectivity index (χ2n) is 5.27. The number of nitrogens with zero attached hydrogens (tertiary/aromatic N) is 2. The molecule has 1 aromatic heterocycles. The van der Waals surface area contributed by atoms with E-state index in [1.165, 1.54) is 18.4 Å². The van der Waals surface area contributed by atoms with E-state index in [4.69, 9.17) is 4.74 Å². The van der Waals surface area contributed by atoms with Crippen LogP contribution in [0.5, 0.6) is 0 Å².